The normalized spacial score (nSPS) is 14.2. The Labute approximate surface area is 202 Å². The quantitative estimate of drug-likeness (QED) is 0.378. The zero-order valence-electron chi connectivity index (χ0n) is 19.9. The fourth-order valence-electron chi connectivity index (χ4n) is 4.13. The summed E-state index contributed by atoms with van der Waals surface area (Å²) in [5.41, 5.74) is 3.00. The molecule has 0 unspecified atom stereocenters. The van der Waals surface area contributed by atoms with Crippen LogP contribution in [0.1, 0.15) is 19.8 Å². The second kappa shape index (κ2) is 11.5. The molecule has 4 nitrogen and oxygen atoms in total. The van der Waals surface area contributed by atoms with Crippen molar-refractivity contribution in [1.82, 2.24) is 4.90 Å². The number of fused-ring (bicyclic) bond motifs is 1. The highest BCUT2D eigenvalue weighted by Gasteiger charge is 2.17. The third-order valence-corrected chi connectivity index (χ3v) is 6.00. The molecule has 4 aromatic rings. The summed E-state index contributed by atoms with van der Waals surface area (Å²) in [5.74, 6) is 0.861. The molecule has 0 radical (unpaired) electrons. The summed E-state index contributed by atoms with van der Waals surface area (Å²) in [7, 11) is 2.15. The highest BCUT2D eigenvalue weighted by molar-refractivity contribution is 5.89. The first-order valence-electron chi connectivity index (χ1n) is 11.8. The van der Waals surface area contributed by atoms with E-state index in [1.165, 1.54) is 17.7 Å². The summed E-state index contributed by atoms with van der Waals surface area (Å²) in [6, 6.07) is 32.8. The number of likely N-dealkylation sites (tertiary alicyclic amines) is 1. The fraction of sp³-hybridized carbons (Fsp3) is 0.233. The van der Waals surface area contributed by atoms with Crippen LogP contribution >= 0.6 is 0 Å². The predicted molar refractivity (Wildman–Crippen MR) is 141 cm³/mol. The van der Waals surface area contributed by atoms with Gasteiger partial charge in [0.2, 0.25) is 5.91 Å². The van der Waals surface area contributed by atoms with E-state index in [4.69, 9.17) is 4.74 Å². The van der Waals surface area contributed by atoms with Crippen molar-refractivity contribution in [1.29, 1.82) is 0 Å². The Morgan fingerprint density at radius 3 is 1.94 bits per heavy atom. The largest absolute Gasteiger partial charge is 0.490 e. The molecule has 0 bridgehead atoms. The van der Waals surface area contributed by atoms with Gasteiger partial charge in [-0.3, -0.25) is 4.79 Å². The lowest BCUT2D eigenvalue weighted by atomic mass is 10.0. The molecule has 1 fully saturated rings. The minimum atomic E-state index is -0.0611. The number of nitrogens with zero attached hydrogens (tertiary/aromatic N) is 1. The Balaban J connectivity index is 0.000000226. The Morgan fingerprint density at radius 2 is 1.38 bits per heavy atom. The number of hydrogen-bond acceptors (Lipinski definition) is 3. The van der Waals surface area contributed by atoms with E-state index in [0.29, 0.717) is 6.10 Å². The standard InChI is InChI=1S/C20H24N2O2.C10H8/c1-15(23)21-18-5-3-4-17(14-18)16-6-8-19(9-7-16)24-20-10-12-22(2)13-11-20;1-2-6-10-8-4-3-7-9(10)5-1/h3-9,14,20H,10-13H2,1-2H3,(H,21,23);1-8H. The topological polar surface area (TPSA) is 41.6 Å². The SMILES string of the molecule is CC(=O)Nc1cccc(-c2ccc(OC3CCN(C)CC3)cc2)c1.c1ccc2ccccc2c1. The first kappa shape index (κ1) is 23.5. The van der Waals surface area contributed by atoms with Gasteiger partial charge in [-0.15, -0.1) is 0 Å². The molecule has 4 aromatic carbocycles. The highest BCUT2D eigenvalue weighted by atomic mass is 16.5. The smallest absolute Gasteiger partial charge is 0.221 e. The summed E-state index contributed by atoms with van der Waals surface area (Å²) in [6.07, 6.45) is 2.48. The van der Waals surface area contributed by atoms with E-state index >= 15 is 0 Å². The number of nitrogens with one attached hydrogen (secondary N) is 1. The molecule has 1 saturated heterocycles. The van der Waals surface area contributed by atoms with Gasteiger partial charge in [0.15, 0.2) is 0 Å². The first-order valence-corrected chi connectivity index (χ1v) is 11.8. The van der Waals surface area contributed by atoms with E-state index in [0.717, 1.165) is 48.5 Å². The van der Waals surface area contributed by atoms with Gasteiger partial charge in [-0.25, -0.2) is 0 Å². The Hall–Kier alpha value is -3.63. The van der Waals surface area contributed by atoms with E-state index in [2.05, 4.69) is 77.9 Å². The molecule has 0 atom stereocenters. The molecule has 1 aliphatic heterocycles. The second-order valence-electron chi connectivity index (χ2n) is 8.75. The average Bonchev–Trinajstić information content (AvgIpc) is 2.86. The molecule has 0 aromatic heterocycles. The first-order chi connectivity index (χ1) is 16.6. The van der Waals surface area contributed by atoms with Crippen molar-refractivity contribution in [3.05, 3.63) is 97.1 Å². The summed E-state index contributed by atoms with van der Waals surface area (Å²) in [5, 5.41) is 5.44. The number of carbonyl (C=O) groups excluding carboxylic acids is 1. The van der Waals surface area contributed by atoms with E-state index in [1.807, 2.05) is 36.4 Å². The predicted octanol–water partition coefficient (Wildman–Crippen LogP) is 6.62. The highest BCUT2D eigenvalue weighted by Crippen LogP contribution is 2.26. The van der Waals surface area contributed by atoms with Crippen LogP contribution in [0.15, 0.2) is 97.1 Å². The van der Waals surface area contributed by atoms with Crippen molar-refractivity contribution >= 4 is 22.4 Å². The minimum Gasteiger partial charge on any atom is -0.490 e. The zero-order chi connectivity index (χ0) is 23.8. The van der Waals surface area contributed by atoms with Gasteiger partial charge < -0.3 is 15.0 Å². The summed E-state index contributed by atoms with van der Waals surface area (Å²) in [6.45, 7) is 3.71. The molecule has 5 rings (SSSR count). The number of ether oxygens (including phenoxy) is 1. The summed E-state index contributed by atoms with van der Waals surface area (Å²) in [4.78, 5) is 13.5. The number of hydrogen-bond donors (Lipinski definition) is 1. The van der Waals surface area contributed by atoms with Crippen LogP contribution in [0.3, 0.4) is 0 Å². The fourth-order valence-corrected chi connectivity index (χ4v) is 4.13. The van der Waals surface area contributed by atoms with Crippen molar-refractivity contribution in [2.45, 2.75) is 25.9 Å². The average molecular weight is 453 g/mol. The number of piperidine rings is 1. The summed E-state index contributed by atoms with van der Waals surface area (Å²) < 4.78 is 6.09. The van der Waals surface area contributed by atoms with Crippen molar-refractivity contribution in [2.24, 2.45) is 0 Å². The summed E-state index contributed by atoms with van der Waals surface area (Å²) >= 11 is 0. The van der Waals surface area contributed by atoms with Gasteiger partial charge in [0.25, 0.3) is 0 Å². The van der Waals surface area contributed by atoms with Crippen LogP contribution in [-0.4, -0.2) is 37.0 Å². The van der Waals surface area contributed by atoms with Crippen LogP contribution < -0.4 is 10.1 Å². The molecular weight excluding hydrogens is 420 g/mol. The van der Waals surface area contributed by atoms with Gasteiger partial charge in [0.1, 0.15) is 11.9 Å². The Kier molecular flexibility index (Phi) is 7.95. The number of benzene rings is 4. The molecule has 0 aliphatic carbocycles. The molecule has 1 aliphatic rings. The molecular formula is C30H32N2O2. The van der Waals surface area contributed by atoms with E-state index in [1.54, 1.807) is 0 Å². The minimum absolute atomic E-state index is 0.0611. The molecule has 0 saturated carbocycles. The Bertz CT molecular complexity index is 1150. The lowest BCUT2D eigenvalue weighted by Crippen LogP contribution is -2.35. The van der Waals surface area contributed by atoms with Gasteiger partial charge in [-0.1, -0.05) is 72.8 Å². The zero-order valence-corrected chi connectivity index (χ0v) is 19.9. The molecule has 4 heteroatoms. The number of carbonyl (C=O) groups is 1. The Morgan fingerprint density at radius 1 is 0.794 bits per heavy atom. The van der Waals surface area contributed by atoms with Crippen LogP contribution in [0, 0.1) is 0 Å². The van der Waals surface area contributed by atoms with E-state index in [9.17, 15) is 4.79 Å². The molecule has 0 spiro atoms. The van der Waals surface area contributed by atoms with Crippen LogP contribution in [0.25, 0.3) is 21.9 Å². The van der Waals surface area contributed by atoms with Gasteiger partial charge in [0.05, 0.1) is 0 Å². The number of rotatable bonds is 4. The number of amides is 1. The van der Waals surface area contributed by atoms with Gasteiger partial charge in [-0.05, 0) is 66.1 Å². The van der Waals surface area contributed by atoms with Gasteiger partial charge in [-0.2, -0.15) is 0 Å². The monoisotopic (exact) mass is 452 g/mol. The molecule has 34 heavy (non-hydrogen) atoms. The lowest BCUT2D eigenvalue weighted by molar-refractivity contribution is -0.114. The van der Waals surface area contributed by atoms with Crippen LogP contribution in [0.4, 0.5) is 5.69 Å². The third-order valence-electron chi connectivity index (χ3n) is 6.00. The molecule has 1 heterocycles. The third kappa shape index (κ3) is 6.69. The van der Waals surface area contributed by atoms with Crippen molar-refractivity contribution < 1.29 is 9.53 Å². The molecule has 1 N–H and O–H groups in total. The lowest BCUT2D eigenvalue weighted by Gasteiger charge is -2.29. The van der Waals surface area contributed by atoms with Crippen molar-refractivity contribution in [3.63, 3.8) is 0 Å². The van der Waals surface area contributed by atoms with Crippen LogP contribution in [0.5, 0.6) is 5.75 Å². The van der Waals surface area contributed by atoms with Crippen molar-refractivity contribution in [3.8, 4) is 16.9 Å². The maximum absolute atomic E-state index is 11.2. The molecule has 1 amide bonds. The van der Waals surface area contributed by atoms with Crippen LogP contribution in [-0.2, 0) is 4.79 Å². The van der Waals surface area contributed by atoms with Crippen LogP contribution in [0.2, 0.25) is 0 Å². The van der Waals surface area contributed by atoms with Gasteiger partial charge in [0, 0.05) is 25.7 Å². The maximum Gasteiger partial charge on any atom is 0.221 e. The maximum atomic E-state index is 11.2. The van der Waals surface area contributed by atoms with Gasteiger partial charge >= 0.3 is 0 Å². The van der Waals surface area contributed by atoms with E-state index < -0.39 is 0 Å². The number of anilines is 1. The van der Waals surface area contributed by atoms with Crippen molar-refractivity contribution in [2.75, 3.05) is 25.5 Å². The second-order valence-corrected chi connectivity index (χ2v) is 8.75. The van der Waals surface area contributed by atoms with E-state index in [-0.39, 0.29) is 5.91 Å². The molecule has 174 valence electrons.